The Bertz CT molecular complexity index is 1500. The first-order chi connectivity index (χ1) is 16.6. The monoisotopic (exact) mass is 448 g/mol. The molecule has 6 rings (SSSR count). The smallest absolute Gasteiger partial charge is 0.231 e. The summed E-state index contributed by atoms with van der Waals surface area (Å²) >= 11 is 0. The van der Waals surface area contributed by atoms with E-state index in [1.54, 1.807) is 6.20 Å². The highest BCUT2D eigenvalue weighted by Crippen LogP contribution is 2.33. The van der Waals surface area contributed by atoms with Gasteiger partial charge in [0.05, 0.1) is 5.56 Å². The lowest BCUT2D eigenvalue weighted by Crippen LogP contribution is -2.28. The fraction of sp³-hybridized carbons (Fsp3) is 0.179. The molecule has 2 heterocycles. The van der Waals surface area contributed by atoms with E-state index >= 15 is 0 Å². The van der Waals surface area contributed by atoms with Crippen molar-refractivity contribution < 1.29 is 9.21 Å². The normalized spacial score (nSPS) is 15.3. The van der Waals surface area contributed by atoms with Gasteiger partial charge in [-0.1, -0.05) is 42.5 Å². The Hall–Kier alpha value is -4.19. The number of hydrogen-bond donors (Lipinski definition) is 2. The fourth-order valence-corrected chi connectivity index (χ4v) is 4.70. The van der Waals surface area contributed by atoms with Crippen LogP contribution in [0.2, 0.25) is 0 Å². The summed E-state index contributed by atoms with van der Waals surface area (Å²) in [5.41, 5.74) is 8.58. The Labute approximate surface area is 197 Å². The molecule has 0 saturated carbocycles. The predicted molar refractivity (Wildman–Crippen MR) is 132 cm³/mol. The summed E-state index contributed by atoms with van der Waals surface area (Å²) in [6.45, 7) is 2.03. The quantitative estimate of drug-likeness (QED) is 0.357. The van der Waals surface area contributed by atoms with Crippen molar-refractivity contribution in [3.05, 3.63) is 89.6 Å². The predicted octanol–water partition coefficient (Wildman–Crippen LogP) is 5.94. The van der Waals surface area contributed by atoms with Gasteiger partial charge in [0.15, 0.2) is 5.58 Å². The second-order valence-electron chi connectivity index (χ2n) is 8.91. The number of aromatic nitrogens is 3. The van der Waals surface area contributed by atoms with E-state index in [0.29, 0.717) is 5.89 Å². The zero-order valence-corrected chi connectivity index (χ0v) is 18.8. The van der Waals surface area contributed by atoms with Crippen LogP contribution in [-0.2, 0) is 17.6 Å². The number of benzene rings is 3. The first-order valence-corrected chi connectivity index (χ1v) is 11.5. The number of aryl methyl sites for hydroxylation is 2. The summed E-state index contributed by atoms with van der Waals surface area (Å²) in [4.78, 5) is 17.5. The van der Waals surface area contributed by atoms with E-state index in [-0.39, 0.29) is 11.8 Å². The summed E-state index contributed by atoms with van der Waals surface area (Å²) in [6, 6.07) is 22.1. The van der Waals surface area contributed by atoms with Crippen LogP contribution in [0, 0.1) is 12.8 Å². The Kier molecular flexibility index (Phi) is 4.99. The second kappa shape index (κ2) is 8.30. The molecule has 0 spiro atoms. The maximum Gasteiger partial charge on any atom is 0.231 e. The third kappa shape index (κ3) is 3.77. The van der Waals surface area contributed by atoms with Crippen molar-refractivity contribution in [1.82, 2.24) is 15.2 Å². The summed E-state index contributed by atoms with van der Waals surface area (Å²) < 4.78 is 6.00. The zero-order valence-electron chi connectivity index (χ0n) is 18.8. The van der Waals surface area contributed by atoms with E-state index in [4.69, 9.17) is 4.42 Å². The van der Waals surface area contributed by atoms with Gasteiger partial charge in [0.25, 0.3) is 0 Å². The van der Waals surface area contributed by atoms with Crippen LogP contribution in [0.5, 0.6) is 0 Å². The molecule has 5 aromatic rings. The SMILES string of the molecule is Cc1ccc2nc(-c3c[nH]nc3-c3ccc(NC(=O)C4CCc5ccccc5C4)cc3)oc2c1. The molecule has 0 bridgehead atoms. The molecule has 2 aromatic heterocycles. The van der Waals surface area contributed by atoms with Crippen molar-refractivity contribution >= 4 is 22.7 Å². The number of nitrogens with zero attached hydrogens (tertiary/aromatic N) is 2. The van der Waals surface area contributed by atoms with Crippen LogP contribution < -0.4 is 5.32 Å². The number of nitrogens with one attached hydrogen (secondary N) is 2. The molecule has 0 saturated heterocycles. The first-order valence-electron chi connectivity index (χ1n) is 11.5. The maximum absolute atomic E-state index is 12.9. The van der Waals surface area contributed by atoms with E-state index < -0.39 is 0 Å². The molecular weight excluding hydrogens is 424 g/mol. The van der Waals surface area contributed by atoms with Crippen molar-refractivity contribution in [3.8, 4) is 22.7 Å². The summed E-state index contributed by atoms with van der Waals surface area (Å²) in [7, 11) is 0. The lowest BCUT2D eigenvalue weighted by atomic mass is 9.83. The van der Waals surface area contributed by atoms with Crippen LogP contribution in [0.3, 0.4) is 0 Å². The molecule has 3 aromatic carbocycles. The van der Waals surface area contributed by atoms with E-state index in [1.165, 1.54) is 11.1 Å². The van der Waals surface area contributed by atoms with E-state index in [9.17, 15) is 4.79 Å². The molecule has 1 aliphatic carbocycles. The van der Waals surface area contributed by atoms with E-state index in [2.05, 4.69) is 38.7 Å². The van der Waals surface area contributed by atoms with E-state index in [1.807, 2.05) is 55.5 Å². The number of amides is 1. The van der Waals surface area contributed by atoms with Gasteiger partial charge in [-0.3, -0.25) is 9.89 Å². The van der Waals surface area contributed by atoms with Crippen LogP contribution in [-0.4, -0.2) is 21.1 Å². The minimum absolute atomic E-state index is 0.00434. The lowest BCUT2D eigenvalue weighted by molar-refractivity contribution is -0.120. The van der Waals surface area contributed by atoms with Gasteiger partial charge in [0.1, 0.15) is 11.2 Å². The molecule has 6 heteroatoms. The van der Waals surface area contributed by atoms with Gasteiger partial charge in [0, 0.05) is 23.4 Å². The Morgan fingerprint density at radius 2 is 1.88 bits per heavy atom. The first kappa shape index (κ1) is 20.4. The highest BCUT2D eigenvalue weighted by atomic mass is 16.3. The average Bonchev–Trinajstić information content (AvgIpc) is 3.51. The van der Waals surface area contributed by atoms with Gasteiger partial charge in [0.2, 0.25) is 11.8 Å². The minimum atomic E-state index is -0.00434. The largest absolute Gasteiger partial charge is 0.436 e. The van der Waals surface area contributed by atoms with Crippen LogP contribution >= 0.6 is 0 Å². The Balaban J connectivity index is 1.20. The second-order valence-corrected chi connectivity index (χ2v) is 8.91. The van der Waals surface area contributed by atoms with Crippen LogP contribution in [0.1, 0.15) is 23.1 Å². The molecule has 1 aliphatic rings. The standard InChI is InChI=1S/C28H24N4O2/c1-17-6-13-24-25(14-17)34-28(31-24)23-16-29-32-26(23)19-9-11-22(12-10-19)30-27(33)21-8-7-18-4-2-3-5-20(18)15-21/h2-6,9-14,16,21H,7-8,15H2,1H3,(H,29,32)(H,30,33). The molecule has 1 amide bonds. The van der Waals surface area contributed by atoms with Gasteiger partial charge in [-0.15, -0.1) is 0 Å². The number of oxazole rings is 1. The van der Waals surface area contributed by atoms with E-state index in [0.717, 1.165) is 58.4 Å². The van der Waals surface area contributed by atoms with Crippen molar-refractivity contribution in [1.29, 1.82) is 0 Å². The molecule has 168 valence electrons. The van der Waals surface area contributed by atoms with Crippen LogP contribution in [0.4, 0.5) is 5.69 Å². The lowest BCUT2D eigenvalue weighted by Gasteiger charge is -2.23. The molecule has 1 atom stereocenters. The third-order valence-corrected chi connectivity index (χ3v) is 6.56. The van der Waals surface area contributed by atoms with Crippen molar-refractivity contribution in [3.63, 3.8) is 0 Å². The van der Waals surface area contributed by atoms with Crippen molar-refractivity contribution in [2.75, 3.05) is 5.32 Å². The topological polar surface area (TPSA) is 83.8 Å². The van der Waals surface area contributed by atoms with Gasteiger partial charge < -0.3 is 9.73 Å². The number of aromatic amines is 1. The maximum atomic E-state index is 12.9. The summed E-state index contributed by atoms with van der Waals surface area (Å²) in [5.74, 6) is 0.596. The molecule has 34 heavy (non-hydrogen) atoms. The Morgan fingerprint density at radius 1 is 1.06 bits per heavy atom. The molecule has 0 aliphatic heterocycles. The fourth-order valence-electron chi connectivity index (χ4n) is 4.70. The van der Waals surface area contributed by atoms with Gasteiger partial charge in [-0.25, -0.2) is 4.98 Å². The molecule has 0 radical (unpaired) electrons. The molecular formula is C28H24N4O2. The highest BCUT2D eigenvalue weighted by Gasteiger charge is 2.24. The molecule has 2 N–H and O–H groups in total. The molecule has 0 fully saturated rings. The van der Waals surface area contributed by atoms with Gasteiger partial charge >= 0.3 is 0 Å². The third-order valence-electron chi connectivity index (χ3n) is 6.56. The van der Waals surface area contributed by atoms with Crippen LogP contribution in [0.15, 0.2) is 77.3 Å². The number of carbonyl (C=O) groups excluding carboxylic acids is 1. The average molecular weight is 449 g/mol. The van der Waals surface area contributed by atoms with Crippen LogP contribution in [0.25, 0.3) is 33.8 Å². The zero-order chi connectivity index (χ0) is 23.1. The summed E-state index contributed by atoms with van der Waals surface area (Å²) in [6.07, 6.45) is 4.41. The van der Waals surface area contributed by atoms with Gasteiger partial charge in [-0.05, 0) is 67.1 Å². The number of fused-ring (bicyclic) bond motifs is 2. The molecule has 6 nitrogen and oxygen atoms in total. The summed E-state index contributed by atoms with van der Waals surface area (Å²) in [5, 5.41) is 10.4. The van der Waals surface area contributed by atoms with Gasteiger partial charge in [-0.2, -0.15) is 5.10 Å². The number of carbonyl (C=O) groups is 1. The highest BCUT2D eigenvalue weighted by molar-refractivity contribution is 5.93. The molecule has 1 unspecified atom stereocenters. The number of hydrogen-bond acceptors (Lipinski definition) is 4. The number of anilines is 1. The number of H-pyrrole nitrogens is 1. The Morgan fingerprint density at radius 3 is 2.74 bits per heavy atom. The number of rotatable bonds is 4. The van der Waals surface area contributed by atoms with Crippen molar-refractivity contribution in [2.24, 2.45) is 5.92 Å². The van der Waals surface area contributed by atoms with Crippen molar-refractivity contribution in [2.45, 2.75) is 26.2 Å². The minimum Gasteiger partial charge on any atom is -0.436 e.